The van der Waals surface area contributed by atoms with Gasteiger partial charge in [-0.2, -0.15) is 0 Å². The van der Waals surface area contributed by atoms with Crippen LogP contribution in [0.1, 0.15) is 30.6 Å². The van der Waals surface area contributed by atoms with Gasteiger partial charge in [0.05, 0.1) is 17.1 Å². The molecule has 0 N–H and O–H groups in total. The topological polar surface area (TPSA) is 69.4 Å². The summed E-state index contributed by atoms with van der Waals surface area (Å²) in [5.41, 5.74) is 0.294. The molecule has 17 heavy (non-hydrogen) atoms. The minimum atomic E-state index is -0.506. The molecule has 0 saturated carbocycles. The Kier molecular flexibility index (Phi) is 4.63. The molecule has 0 aliphatic rings. The van der Waals surface area contributed by atoms with Crippen LogP contribution in [0.2, 0.25) is 0 Å². The maximum absolute atomic E-state index is 11.6. The van der Waals surface area contributed by atoms with E-state index in [2.05, 4.69) is 0 Å². The van der Waals surface area contributed by atoms with Crippen LogP contribution in [0.25, 0.3) is 0 Å². The zero-order valence-electron chi connectivity index (χ0n) is 9.88. The summed E-state index contributed by atoms with van der Waals surface area (Å²) < 4.78 is 5.07. The zero-order chi connectivity index (χ0) is 12.8. The minimum Gasteiger partial charge on any atom is -0.462 e. The van der Waals surface area contributed by atoms with E-state index in [1.807, 2.05) is 13.8 Å². The molecule has 0 spiro atoms. The van der Waals surface area contributed by atoms with Crippen LogP contribution in [0.4, 0.5) is 5.69 Å². The number of nitrogens with zero attached hydrogens (tertiary/aromatic N) is 1. The van der Waals surface area contributed by atoms with Gasteiger partial charge in [-0.15, -0.1) is 0 Å². The van der Waals surface area contributed by atoms with Crippen LogP contribution in [0.3, 0.4) is 0 Å². The summed E-state index contributed by atoms with van der Waals surface area (Å²) in [7, 11) is 0. The maximum Gasteiger partial charge on any atom is 0.338 e. The van der Waals surface area contributed by atoms with E-state index in [0.29, 0.717) is 18.1 Å². The van der Waals surface area contributed by atoms with Crippen LogP contribution in [-0.4, -0.2) is 17.5 Å². The standard InChI is InChI=1S/C12H15NO4/c1-3-9(2)8-17-12(14)10-4-6-11(7-5-10)13(15)16/h4-7,9H,3,8H2,1-2H3/t9-/m1/s1. The second-order valence-electron chi connectivity index (χ2n) is 3.92. The Hall–Kier alpha value is -1.91. The first-order chi connectivity index (χ1) is 8.04. The summed E-state index contributed by atoms with van der Waals surface area (Å²) in [5.74, 6) is -0.128. The fourth-order valence-corrected chi connectivity index (χ4v) is 1.14. The second-order valence-corrected chi connectivity index (χ2v) is 3.92. The number of nitro groups is 1. The lowest BCUT2D eigenvalue weighted by Crippen LogP contribution is -2.11. The number of non-ortho nitro benzene ring substituents is 1. The molecule has 1 atom stereocenters. The van der Waals surface area contributed by atoms with Crippen molar-refractivity contribution in [1.82, 2.24) is 0 Å². The third-order valence-electron chi connectivity index (χ3n) is 2.51. The molecule has 5 heteroatoms. The largest absolute Gasteiger partial charge is 0.462 e. The molecular formula is C12H15NO4. The molecule has 0 unspecified atom stereocenters. The van der Waals surface area contributed by atoms with Crippen molar-refractivity contribution in [3.63, 3.8) is 0 Å². The molecule has 0 radical (unpaired) electrons. The van der Waals surface area contributed by atoms with Crippen LogP contribution in [0, 0.1) is 16.0 Å². The van der Waals surface area contributed by atoms with Gasteiger partial charge in [-0.3, -0.25) is 10.1 Å². The average Bonchev–Trinajstić information content (AvgIpc) is 2.35. The molecular weight excluding hydrogens is 222 g/mol. The Morgan fingerprint density at radius 2 is 2.00 bits per heavy atom. The number of hydrogen-bond donors (Lipinski definition) is 0. The highest BCUT2D eigenvalue weighted by Gasteiger charge is 2.11. The number of carbonyl (C=O) groups is 1. The SMILES string of the molecule is CC[C@@H](C)COC(=O)c1ccc([N+](=O)[O-])cc1. The summed E-state index contributed by atoms with van der Waals surface area (Å²) >= 11 is 0. The lowest BCUT2D eigenvalue weighted by atomic mass is 10.1. The van der Waals surface area contributed by atoms with E-state index in [0.717, 1.165) is 6.42 Å². The molecule has 0 aliphatic heterocycles. The summed E-state index contributed by atoms with van der Waals surface area (Å²) in [6.45, 7) is 4.37. The number of benzene rings is 1. The molecule has 1 aromatic carbocycles. The van der Waals surface area contributed by atoms with E-state index >= 15 is 0 Å². The predicted octanol–water partition coefficient (Wildman–Crippen LogP) is 2.80. The van der Waals surface area contributed by atoms with Crippen molar-refractivity contribution in [3.05, 3.63) is 39.9 Å². The van der Waals surface area contributed by atoms with Crippen LogP contribution < -0.4 is 0 Å². The van der Waals surface area contributed by atoms with Crippen molar-refractivity contribution < 1.29 is 14.5 Å². The molecule has 0 aliphatic carbocycles. The van der Waals surface area contributed by atoms with Gasteiger partial charge in [0.25, 0.3) is 5.69 Å². The number of hydrogen-bond acceptors (Lipinski definition) is 4. The van der Waals surface area contributed by atoms with E-state index in [-0.39, 0.29) is 5.69 Å². The minimum absolute atomic E-state index is 0.0384. The van der Waals surface area contributed by atoms with Gasteiger partial charge in [-0.05, 0) is 18.1 Å². The highest BCUT2D eigenvalue weighted by Crippen LogP contribution is 2.13. The molecule has 0 saturated heterocycles. The Morgan fingerprint density at radius 1 is 1.41 bits per heavy atom. The summed E-state index contributed by atoms with van der Waals surface area (Å²) in [5, 5.41) is 10.4. The molecule has 0 aromatic heterocycles. The van der Waals surface area contributed by atoms with E-state index in [9.17, 15) is 14.9 Å². The van der Waals surface area contributed by atoms with E-state index in [4.69, 9.17) is 4.74 Å². The number of carbonyl (C=O) groups excluding carboxylic acids is 1. The zero-order valence-corrected chi connectivity index (χ0v) is 9.88. The molecule has 1 aromatic rings. The van der Waals surface area contributed by atoms with Crippen LogP contribution in [0.5, 0.6) is 0 Å². The van der Waals surface area contributed by atoms with Gasteiger partial charge in [0.2, 0.25) is 0 Å². The van der Waals surface area contributed by atoms with Gasteiger partial charge in [-0.25, -0.2) is 4.79 Å². The lowest BCUT2D eigenvalue weighted by Gasteiger charge is -2.09. The monoisotopic (exact) mass is 237 g/mol. The lowest BCUT2D eigenvalue weighted by molar-refractivity contribution is -0.384. The molecule has 0 bridgehead atoms. The number of ether oxygens (including phenoxy) is 1. The van der Waals surface area contributed by atoms with Crippen molar-refractivity contribution in [2.24, 2.45) is 5.92 Å². The fraction of sp³-hybridized carbons (Fsp3) is 0.417. The van der Waals surface area contributed by atoms with Crippen LogP contribution in [-0.2, 0) is 4.74 Å². The van der Waals surface area contributed by atoms with Crippen molar-refractivity contribution in [2.45, 2.75) is 20.3 Å². The van der Waals surface area contributed by atoms with Gasteiger partial charge in [0.15, 0.2) is 0 Å². The molecule has 92 valence electrons. The van der Waals surface area contributed by atoms with Crippen molar-refractivity contribution in [1.29, 1.82) is 0 Å². The first-order valence-electron chi connectivity index (χ1n) is 5.46. The van der Waals surface area contributed by atoms with Crippen molar-refractivity contribution in [2.75, 3.05) is 6.61 Å². The Morgan fingerprint density at radius 3 is 2.47 bits per heavy atom. The third-order valence-corrected chi connectivity index (χ3v) is 2.51. The maximum atomic E-state index is 11.6. The summed E-state index contributed by atoms with van der Waals surface area (Å²) in [4.78, 5) is 21.5. The number of rotatable bonds is 5. The van der Waals surface area contributed by atoms with Crippen molar-refractivity contribution >= 4 is 11.7 Å². The van der Waals surface area contributed by atoms with Gasteiger partial charge < -0.3 is 4.74 Å². The van der Waals surface area contributed by atoms with Crippen LogP contribution >= 0.6 is 0 Å². The van der Waals surface area contributed by atoms with Gasteiger partial charge in [-0.1, -0.05) is 20.3 Å². The van der Waals surface area contributed by atoms with Crippen LogP contribution in [0.15, 0.2) is 24.3 Å². The quantitative estimate of drug-likeness (QED) is 0.448. The Labute approximate surface area is 99.5 Å². The molecule has 0 heterocycles. The fourth-order valence-electron chi connectivity index (χ4n) is 1.14. The first kappa shape index (κ1) is 13.2. The van der Waals surface area contributed by atoms with Crippen molar-refractivity contribution in [3.8, 4) is 0 Å². The molecule has 1 rings (SSSR count). The third kappa shape index (κ3) is 3.86. The highest BCUT2D eigenvalue weighted by atomic mass is 16.6. The Balaban J connectivity index is 2.61. The number of nitro benzene ring substituents is 1. The first-order valence-corrected chi connectivity index (χ1v) is 5.46. The smallest absolute Gasteiger partial charge is 0.338 e. The van der Waals surface area contributed by atoms with E-state index < -0.39 is 10.9 Å². The molecule has 5 nitrogen and oxygen atoms in total. The average molecular weight is 237 g/mol. The number of esters is 1. The summed E-state index contributed by atoms with van der Waals surface area (Å²) in [6, 6.07) is 5.38. The predicted molar refractivity (Wildman–Crippen MR) is 62.8 cm³/mol. The Bertz CT molecular complexity index is 399. The second kappa shape index (κ2) is 5.98. The molecule has 0 amide bonds. The van der Waals surface area contributed by atoms with E-state index in [1.54, 1.807) is 0 Å². The van der Waals surface area contributed by atoms with Gasteiger partial charge in [0, 0.05) is 12.1 Å². The highest BCUT2D eigenvalue weighted by molar-refractivity contribution is 5.89. The summed E-state index contributed by atoms with van der Waals surface area (Å²) in [6.07, 6.45) is 0.938. The van der Waals surface area contributed by atoms with E-state index in [1.165, 1.54) is 24.3 Å². The normalized spacial score (nSPS) is 11.9. The van der Waals surface area contributed by atoms with Gasteiger partial charge in [0.1, 0.15) is 0 Å². The molecule has 0 fully saturated rings. The van der Waals surface area contributed by atoms with Gasteiger partial charge >= 0.3 is 5.97 Å².